The number of hydrogen-bond donors (Lipinski definition) is 0. The first-order valence-electron chi connectivity index (χ1n) is 6.25. The summed E-state index contributed by atoms with van der Waals surface area (Å²) in [5.41, 5.74) is 0. The second-order valence-electron chi connectivity index (χ2n) is 4.75. The number of nitrogens with zero attached hydrogens (tertiary/aromatic N) is 2. The van der Waals surface area contributed by atoms with Crippen LogP contribution >= 0.6 is 27.5 Å². The zero-order valence-electron chi connectivity index (χ0n) is 11.1. The van der Waals surface area contributed by atoms with Gasteiger partial charge in [0.2, 0.25) is 10.0 Å². The van der Waals surface area contributed by atoms with Gasteiger partial charge in [-0.15, -0.1) is 0 Å². The molecule has 0 unspecified atom stereocenters. The van der Waals surface area contributed by atoms with Gasteiger partial charge in [-0.05, 0) is 40.8 Å². The summed E-state index contributed by atoms with van der Waals surface area (Å²) in [6.07, 6.45) is 3.07. The number of ether oxygens (including phenoxy) is 1. The summed E-state index contributed by atoms with van der Waals surface area (Å²) in [5, 5.41) is 0.00668. The zero-order valence-corrected chi connectivity index (χ0v) is 14.2. The summed E-state index contributed by atoms with van der Waals surface area (Å²) in [6, 6.07) is 1.49. The van der Waals surface area contributed by atoms with Crippen LogP contribution in [0.5, 0.6) is 0 Å². The van der Waals surface area contributed by atoms with E-state index < -0.39 is 10.0 Å². The number of rotatable bonds is 4. The van der Waals surface area contributed by atoms with Crippen molar-refractivity contribution < 1.29 is 13.2 Å². The van der Waals surface area contributed by atoms with Crippen molar-refractivity contribution in [2.45, 2.75) is 17.7 Å². The third-order valence-electron chi connectivity index (χ3n) is 3.37. The number of hydrogen-bond acceptors (Lipinski definition) is 4. The molecule has 1 fully saturated rings. The number of sulfonamides is 1. The van der Waals surface area contributed by atoms with Crippen LogP contribution in [0.1, 0.15) is 12.8 Å². The van der Waals surface area contributed by atoms with E-state index in [0.29, 0.717) is 30.1 Å². The molecule has 20 heavy (non-hydrogen) atoms. The van der Waals surface area contributed by atoms with E-state index in [4.69, 9.17) is 16.3 Å². The Morgan fingerprint density at radius 2 is 2.15 bits per heavy atom. The van der Waals surface area contributed by atoms with Crippen LogP contribution in [0.25, 0.3) is 0 Å². The summed E-state index contributed by atoms with van der Waals surface area (Å²) in [4.78, 5) is 3.93. The Balaban J connectivity index is 2.18. The Morgan fingerprint density at radius 3 is 2.75 bits per heavy atom. The fourth-order valence-corrected chi connectivity index (χ4v) is 4.67. The molecule has 1 aliphatic heterocycles. The Labute approximate surface area is 132 Å². The van der Waals surface area contributed by atoms with Gasteiger partial charge in [-0.1, -0.05) is 11.6 Å². The lowest BCUT2D eigenvalue weighted by Crippen LogP contribution is -2.39. The fraction of sp³-hybridized carbons (Fsp3) is 0.583. The predicted molar refractivity (Wildman–Crippen MR) is 80.3 cm³/mol. The highest BCUT2D eigenvalue weighted by molar-refractivity contribution is 9.10. The molecule has 0 aromatic carbocycles. The maximum atomic E-state index is 12.6. The molecule has 0 saturated carbocycles. The van der Waals surface area contributed by atoms with Gasteiger partial charge in [0.05, 0.1) is 0 Å². The first-order valence-corrected chi connectivity index (χ1v) is 8.86. The summed E-state index contributed by atoms with van der Waals surface area (Å²) < 4.78 is 32.3. The van der Waals surface area contributed by atoms with E-state index >= 15 is 0 Å². The molecule has 0 radical (unpaired) electrons. The maximum absolute atomic E-state index is 12.6. The van der Waals surface area contributed by atoms with Crippen molar-refractivity contribution in [3.63, 3.8) is 0 Å². The molecular formula is C12H16BrClN2O3S. The standard InChI is InChI=1S/C12H16BrClN2O3S/c1-19-8-9-2-4-16(5-3-9)20(17,18)11-6-10(13)7-15-12(11)14/h6-7,9H,2-5,8H2,1H3. The third kappa shape index (κ3) is 3.51. The highest BCUT2D eigenvalue weighted by Crippen LogP contribution is 2.28. The SMILES string of the molecule is COCC1CCN(S(=O)(=O)c2cc(Br)cnc2Cl)CC1. The Kier molecular flexibility index (Phi) is 5.42. The fourth-order valence-electron chi connectivity index (χ4n) is 2.28. The number of piperidine rings is 1. The molecule has 0 amide bonds. The molecule has 2 heterocycles. The van der Waals surface area contributed by atoms with E-state index in [1.165, 1.54) is 16.6 Å². The van der Waals surface area contributed by atoms with Gasteiger partial charge in [0, 0.05) is 37.5 Å². The van der Waals surface area contributed by atoms with Crippen LogP contribution in [0.4, 0.5) is 0 Å². The van der Waals surface area contributed by atoms with E-state index in [-0.39, 0.29) is 10.0 Å². The summed E-state index contributed by atoms with van der Waals surface area (Å²) in [6.45, 7) is 1.64. The van der Waals surface area contributed by atoms with Crippen LogP contribution < -0.4 is 0 Å². The minimum absolute atomic E-state index is 0.00668. The van der Waals surface area contributed by atoms with Crippen LogP contribution in [-0.2, 0) is 14.8 Å². The maximum Gasteiger partial charge on any atom is 0.246 e. The number of halogens is 2. The molecule has 1 aliphatic rings. The molecule has 0 atom stereocenters. The molecule has 1 aromatic rings. The average Bonchev–Trinajstić information content (AvgIpc) is 2.42. The second-order valence-corrected chi connectivity index (χ2v) is 7.93. The van der Waals surface area contributed by atoms with Crippen LogP contribution in [0.15, 0.2) is 21.6 Å². The minimum Gasteiger partial charge on any atom is -0.384 e. The zero-order chi connectivity index (χ0) is 14.8. The smallest absolute Gasteiger partial charge is 0.246 e. The van der Waals surface area contributed by atoms with Crippen LogP contribution in [-0.4, -0.2) is 44.5 Å². The molecule has 1 aromatic heterocycles. The summed E-state index contributed by atoms with van der Waals surface area (Å²) in [5.74, 6) is 0.419. The molecule has 0 N–H and O–H groups in total. The van der Waals surface area contributed by atoms with Crippen molar-refractivity contribution in [3.05, 3.63) is 21.9 Å². The summed E-state index contributed by atoms with van der Waals surface area (Å²) >= 11 is 9.14. The van der Waals surface area contributed by atoms with Gasteiger partial charge in [-0.25, -0.2) is 13.4 Å². The highest BCUT2D eigenvalue weighted by atomic mass is 79.9. The average molecular weight is 384 g/mol. The molecule has 2 rings (SSSR count). The van der Waals surface area contributed by atoms with E-state index in [1.54, 1.807) is 7.11 Å². The lowest BCUT2D eigenvalue weighted by Gasteiger charge is -2.30. The van der Waals surface area contributed by atoms with Crippen molar-refractivity contribution in [1.82, 2.24) is 9.29 Å². The topological polar surface area (TPSA) is 59.5 Å². The molecular weight excluding hydrogens is 368 g/mol. The van der Waals surface area contributed by atoms with Crippen molar-refractivity contribution in [2.24, 2.45) is 5.92 Å². The quantitative estimate of drug-likeness (QED) is 0.750. The third-order valence-corrected chi connectivity index (χ3v) is 6.13. The van der Waals surface area contributed by atoms with Crippen LogP contribution in [0.2, 0.25) is 5.15 Å². The van der Waals surface area contributed by atoms with Crippen LogP contribution in [0.3, 0.4) is 0 Å². The Morgan fingerprint density at radius 1 is 1.50 bits per heavy atom. The normalized spacial score (nSPS) is 18.4. The van der Waals surface area contributed by atoms with Crippen LogP contribution in [0, 0.1) is 5.92 Å². The van der Waals surface area contributed by atoms with Crippen molar-refractivity contribution >= 4 is 37.6 Å². The summed E-state index contributed by atoms with van der Waals surface area (Å²) in [7, 11) is -1.92. The lowest BCUT2D eigenvalue weighted by atomic mass is 9.99. The monoisotopic (exact) mass is 382 g/mol. The lowest BCUT2D eigenvalue weighted by molar-refractivity contribution is 0.121. The molecule has 5 nitrogen and oxygen atoms in total. The van der Waals surface area contributed by atoms with E-state index in [0.717, 1.165) is 12.8 Å². The minimum atomic E-state index is -3.59. The first-order chi connectivity index (χ1) is 9.45. The Bertz CT molecular complexity index is 574. The van der Waals surface area contributed by atoms with Gasteiger partial charge in [0.1, 0.15) is 10.0 Å². The van der Waals surface area contributed by atoms with Gasteiger partial charge in [0.25, 0.3) is 0 Å². The highest BCUT2D eigenvalue weighted by Gasteiger charge is 2.31. The number of aromatic nitrogens is 1. The first kappa shape index (κ1) is 16.2. The van der Waals surface area contributed by atoms with Gasteiger partial charge in [-0.3, -0.25) is 0 Å². The second kappa shape index (κ2) is 6.70. The molecule has 1 saturated heterocycles. The Hall–Kier alpha value is -0.210. The van der Waals surface area contributed by atoms with Crippen molar-refractivity contribution in [3.8, 4) is 0 Å². The van der Waals surface area contributed by atoms with Crippen molar-refractivity contribution in [2.75, 3.05) is 26.8 Å². The van der Waals surface area contributed by atoms with Gasteiger partial charge < -0.3 is 4.74 Å². The van der Waals surface area contributed by atoms with Crippen molar-refractivity contribution in [1.29, 1.82) is 0 Å². The molecule has 112 valence electrons. The van der Waals surface area contributed by atoms with E-state index in [2.05, 4.69) is 20.9 Å². The van der Waals surface area contributed by atoms with Gasteiger partial charge >= 0.3 is 0 Å². The molecule has 0 bridgehead atoms. The molecule has 0 spiro atoms. The molecule has 0 aliphatic carbocycles. The van der Waals surface area contributed by atoms with Gasteiger partial charge in [0.15, 0.2) is 0 Å². The molecule has 8 heteroatoms. The predicted octanol–water partition coefficient (Wildman–Crippen LogP) is 2.54. The largest absolute Gasteiger partial charge is 0.384 e. The number of methoxy groups -OCH3 is 1. The van der Waals surface area contributed by atoms with E-state index in [1.807, 2.05) is 0 Å². The van der Waals surface area contributed by atoms with E-state index in [9.17, 15) is 8.42 Å². The number of pyridine rings is 1. The van der Waals surface area contributed by atoms with Gasteiger partial charge in [-0.2, -0.15) is 4.31 Å².